The number of thiophene rings is 1. The number of hydrogen-bond donors (Lipinski definition) is 1. The fourth-order valence-corrected chi connectivity index (χ4v) is 2.56. The molecule has 0 aliphatic rings. The monoisotopic (exact) mass is 188 g/mol. The summed E-state index contributed by atoms with van der Waals surface area (Å²) in [4.78, 5) is 1.29. The topological polar surface area (TPSA) is 20.2 Å². The molecule has 1 aromatic rings. The lowest BCUT2D eigenvalue weighted by atomic mass is 10.1. The van der Waals surface area contributed by atoms with Crippen LogP contribution in [0.2, 0.25) is 0 Å². The molecular formula is C8H12OS2. The number of rotatable bonds is 4. The highest BCUT2D eigenvalue weighted by Crippen LogP contribution is 2.23. The van der Waals surface area contributed by atoms with E-state index in [4.69, 9.17) is 5.11 Å². The third kappa shape index (κ3) is 2.51. The van der Waals surface area contributed by atoms with E-state index in [2.05, 4.69) is 17.7 Å². The SMILES string of the molecule is CSCC(CO)c1cccs1. The Bertz CT molecular complexity index is 184. The molecule has 0 aromatic carbocycles. The van der Waals surface area contributed by atoms with E-state index in [1.54, 1.807) is 23.1 Å². The van der Waals surface area contributed by atoms with Crippen LogP contribution in [-0.4, -0.2) is 23.7 Å². The fourth-order valence-electron chi connectivity index (χ4n) is 0.950. The van der Waals surface area contributed by atoms with E-state index < -0.39 is 0 Å². The van der Waals surface area contributed by atoms with Gasteiger partial charge in [0.2, 0.25) is 0 Å². The molecule has 0 amide bonds. The molecule has 1 nitrogen and oxygen atoms in total. The minimum Gasteiger partial charge on any atom is -0.396 e. The van der Waals surface area contributed by atoms with Gasteiger partial charge >= 0.3 is 0 Å². The van der Waals surface area contributed by atoms with Crippen LogP contribution in [0, 0.1) is 0 Å². The maximum absolute atomic E-state index is 9.02. The normalized spacial score (nSPS) is 13.3. The molecule has 0 aliphatic heterocycles. The average Bonchev–Trinajstić information content (AvgIpc) is 2.52. The Hall–Kier alpha value is 0.01000. The van der Waals surface area contributed by atoms with Crippen LogP contribution in [0.3, 0.4) is 0 Å². The first-order chi connectivity index (χ1) is 5.38. The van der Waals surface area contributed by atoms with Gasteiger partial charge in [-0.3, -0.25) is 0 Å². The van der Waals surface area contributed by atoms with Gasteiger partial charge < -0.3 is 5.11 Å². The maximum Gasteiger partial charge on any atom is 0.0515 e. The molecule has 1 aromatic heterocycles. The lowest BCUT2D eigenvalue weighted by molar-refractivity contribution is 0.276. The van der Waals surface area contributed by atoms with Crippen molar-refractivity contribution < 1.29 is 5.11 Å². The summed E-state index contributed by atoms with van der Waals surface area (Å²) in [5.41, 5.74) is 0. The van der Waals surface area contributed by atoms with Crippen molar-refractivity contribution in [2.45, 2.75) is 5.92 Å². The maximum atomic E-state index is 9.02. The van der Waals surface area contributed by atoms with Crippen LogP contribution < -0.4 is 0 Å². The van der Waals surface area contributed by atoms with Gasteiger partial charge in [-0.25, -0.2) is 0 Å². The van der Waals surface area contributed by atoms with Gasteiger partial charge in [0.15, 0.2) is 0 Å². The van der Waals surface area contributed by atoms with E-state index in [-0.39, 0.29) is 6.61 Å². The number of aliphatic hydroxyl groups is 1. The molecule has 0 radical (unpaired) electrons. The molecule has 11 heavy (non-hydrogen) atoms. The Labute approximate surface area is 75.4 Å². The molecule has 0 fully saturated rings. The molecule has 0 saturated carbocycles. The Balaban J connectivity index is 2.56. The molecular weight excluding hydrogens is 176 g/mol. The zero-order chi connectivity index (χ0) is 8.10. The highest BCUT2D eigenvalue weighted by Gasteiger charge is 2.09. The quantitative estimate of drug-likeness (QED) is 0.781. The summed E-state index contributed by atoms with van der Waals surface area (Å²) < 4.78 is 0. The van der Waals surface area contributed by atoms with Crippen LogP contribution in [0.5, 0.6) is 0 Å². The van der Waals surface area contributed by atoms with Gasteiger partial charge in [0.25, 0.3) is 0 Å². The smallest absolute Gasteiger partial charge is 0.0515 e. The van der Waals surface area contributed by atoms with Crippen LogP contribution >= 0.6 is 23.1 Å². The van der Waals surface area contributed by atoms with Crippen molar-refractivity contribution in [1.29, 1.82) is 0 Å². The van der Waals surface area contributed by atoms with Crippen molar-refractivity contribution in [2.24, 2.45) is 0 Å². The molecule has 0 spiro atoms. The van der Waals surface area contributed by atoms with Crippen molar-refractivity contribution in [2.75, 3.05) is 18.6 Å². The first kappa shape index (κ1) is 9.10. The van der Waals surface area contributed by atoms with Gasteiger partial charge in [0.05, 0.1) is 6.61 Å². The van der Waals surface area contributed by atoms with Gasteiger partial charge in [-0.1, -0.05) is 6.07 Å². The number of thioether (sulfide) groups is 1. The first-order valence-electron chi connectivity index (χ1n) is 3.51. The molecule has 0 bridgehead atoms. The highest BCUT2D eigenvalue weighted by atomic mass is 32.2. The van der Waals surface area contributed by atoms with Crippen molar-refractivity contribution in [1.82, 2.24) is 0 Å². The third-order valence-corrected chi connectivity index (χ3v) is 3.30. The summed E-state index contributed by atoms with van der Waals surface area (Å²) in [6.07, 6.45) is 2.07. The fraction of sp³-hybridized carbons (Fsp3) is 0.500. The van der Waals surface area contributed by atoms with Crippen LogP contribution in [0.25, 0.3) is 0 Å². The molecule has 0 saturated heterocycles. The summed E-state index contributed by atoms with van der Waals surface area (Å²) in [6.45, 7) is 0.265. The number of hydrogen-bond acceptors (Lipinski definition) is 3. The van der Waals surface area contributed by atoms with E-state index in [1.807, 2.05) is 6.07 Å². The summed E-state index contributed by atoms with van der Waals surface area (Å²) in [6, 6.07) is 4.12. The zero-order valence-corrected chi connectivity index (χ0v) is 8.12. The molecule has 1 atom stereocenters. The second-order valence-corrected chi connectivity index (χ2v) is 4.24. The summed E-state index contributed by atoms with van der Waals surface area (Å²) >= 11 is 3.50. The summed E-state index contributed by atoms with van der Waals surface area (Å²) in [5, 5.41) is 11.1. The van der Waals surface area contributed by atoms with Crippen molar-refractivity contribution >= 4 is 23.1 Å². The molecule has 1 N–H and O–H groups in total. The first-order valence-corrected chi connectivity index (χ1v) is 5.79. The Morgan fingerprint density at radius 1 is 1.73 bits per heavy atom. The van der Waals surface area contributed by atoms with Gasteiger partial charge in [-0.15, -0.1) is 11.3 Å². The molecule has 1 rings (SSSR count). The van der Waals surface area contributed by atoms with Crippen molar-refractivity contribution in [3.63, 3.8) is 0 Å². The Kier molecular flexibility index (Phi) is 3.97. The molecule has 0 aliphatic carbocycles. The lowest BCUT2D eigenvalue weighted by Crippen LogP contribution is -2.04. The average molecular weight is 188 g/mol. The van der Waals surface area contributed by atoms with Gasteiger partial charge in [-0.2, -0.15) is 11.8 Å². The second-order valence-electron chi connectivity index (χ2n) is 2.35. The Morgan fingerprint density at radius 3 is 3.00 bits per heavy atom. The third-order valence-electron chi connectivity index (χ3n) is 1.53. The van der Waals surface area contributed by atoms with E-state index in [0.717, 1.165) is 5.75 Å². The molecule has 1 heterocycles. The second kappa shape index (κ2) is 4.80. The van der Waals surface area contributed by atoms with Crippen molar-refractivity contribution in [3.8, 4) is 0 Å². The van der Waals surface area contributed by atoms with E-state index in [1.165, 1.54) is 4.88 Å². The van der Waals surface area contributed by atoms with E-state index in [0.29, 0.717) is 5.92 Å². The predicted octanol–water partition coefficient (Wildman–Crippen LogP) is 2.19. The van der Waals surface area contributed by atoms with Crippen LogP contribution in [0.1, 0.15) is 10.8 Å². The van der Waals surface area contributed by atoms with E-state index in [9.17, 15) is 0 Å². The molecule has 3 heteroatoms. The van der Waals surface area contributed by atoms with Crippen LogP contribution in [0.15, 0.2) is 17.5 Å². The zero-order valence-electron chi connectivity index (χ0n) is 6.49. The van der Waals surface area contributed by atoms with Crippen molar-refractivity contribution in [3.05, 3.63) is 22.4 Å². The minimum atomic E-state index is 0.265. The standard InChI is InChI=1S/C8H12OS2/c1-10-6-7(5-9)8-3-2-4-11-8/h2-4,7,9H,5-6H2,1H3. The van der Waals surface area contributed by atoms with Gasteiger partial charge in [0.1, 0.15) is 0 Å². The predicted molar refractivity (Wildman–Crippen MR) is 52.5 cm³/mol. The van der Waals surface area contributed by atoms with Gasteiger partial charge in [0, 0.05) is 16.5 Å². The van der Waals surface area contributed by atoms with Gasteiger partial charge in [-0.05, 0) is 17.7 Å². The summed E-state index contributed by atoms with van der Waals surface area (Å²) in [5.74, 6) is 1.35. The minimum absolute atomic E-state index is 0.265. The highest BCUT2D eigenvalue weighted by molar-refractivity contribution is 7.98. The van der Waals surface area contributed by atoms with Crippen LogP contribution in [-0.2, 0) is 0 Å². The van der Waals surface area contributed by atoms with E-state index >= 15 is 0 Å². The molecule has 1 unspecified atom stereocenters. The molecule has 62 valence electrons. The lowest BCUT2D eigenvalue weighted by Gasteiger charge is -2.09. The van der Waals surface area contributed by atoms with Crippen LogP contribution in [0.4, 0.5) is 0 Å². The summed E-state index contributed by atoms with van der Waals surface area (Å²) in [7, 11) is 0. The largest absolute Gasteiger partial charge is 0.396 e. The Morgan fingerprint density at radius 2 is 2.55 bits per heavy atom. The number of aliphatic hydroxyl groups excluding tert-OH is 1.